The third-order valence-electron chi connectivity index (χ3n) is 3.19. The summed E-state index contributed by atoms with van der Waals surface area (Å²) in [6, 6.07) is 12.7. The van der Waals surface area contributed by atoms with E-state index in [1.807, 2.05) is 6.07 Å². The summed E-state index contributed by atoms with van der Waals surface area (Å²) in [6.45, 7) is 1.66. The lowest BCUT2D eigenvalue weighted by Crippen LogP contribution is -2.32. The molecule has 130 valence electrons. The molecule has 0 spiro atoms. The molecule has 2 aromatic rings. The highest BCUT2D eigenvalue weighted by Gasteiger charge is 2.30. The summed E-state index contributed by atoms with van der Waals surface area (Å²) in [5.74, 6) is -2.07. The van der Waals surface area contributed by atoms with Gasteiger partial charge in [-0.3, -0.25) is 9.59 Å². The minimum absolute atomic E-state index is 0.0666. The first-order valence-electron chi connectivity index (χ1n) is 7.15. The number of benzene rings is 2. The van der Waals surface area contributed by atoms with Gasteiger partial charge in [-0.15, -0.1) is 0 Å². The Morgan fingerprint density at radius 2 is 1.52 bits per heavy atom. The van der Waals surface area contributed by atoms with Gasteiger partial charge in [0.25, 0.3) is 0 Å². The lowest BCUT2D eigenvalue weighted by atomic mass is 10.1. The van der Waals surface area contributed by atoms with Gasteiger partial charge in [0.05, 0.1) is 11.3 Å². The standard InChI is InChI=1S/C17H14F3N3O2/c1-11(12-5-3-2-4-6-12)22-23-16(25)15(24)21-14-9-7-13(8-10-14)17(18,19)20/h2-10H,1H3,(H,21,24)(H,23,25)/b22-11-. The van der Waals surface area contributed by atoms with Crippen LogP contribution in [0.3, 0.4) is 0 Å². The Morgan fingerprint density at radius 1 is 0.920 bits per heavy atom. The first kappa shape index (κ1) is 18.2. The highest BCUT2D eigenvalue weighted by Crippen LogP contribution is 2.29. The van der Waals surface area contributed by atoms with Gasteiger partial charge in [0, 0.05) is 5.69 Å². The van der Waals surface area contributed by atoms with Gasteiger partial charge < -0.3 is 5.32 Å². The van der Waals surface area contributed by atoms with Crippen molar-refractivity contribution in [2.45, 2.75) is 13.1 Å². The van der Waals surface area contributed by atoms with Crippen molar-refractivity contribution < 1.29 is 22.8 Å². The number of carbonyl (C=O) groups excluding carboxylic acids is 2. The Balaban J connectivity index is 1.95. The van der Waals surface area contributed by atoms with Crippen LogP contribution in [0.15, 0.2) is 59.7 Å². The van der Waals surface area contributed by atoms with Crippen molar-refractivity contribution in [2.75, 3.05) is 5.32 Å². The van der Waals surface area contributed by atoms with E-state index in [0.29, 0.717) is 5.71 Å². The SMILES string of the molecule is C/C(=N/NC(=O)C(=O)Nc1ccc(C(F)(F)F)cc1)c1ccccc1. The lowest BCUT2D eigenvalue weighted by molar-refractivity contribution is -0.137. The van der Waals surface area contributed by atoms with Crippen LogP contribution in [0, 0.1) is 0 Å². The Morgan fingerprint density at radius 3 is 2.08 bits per heavy atom. The van der Waals surface area contributed by atoms with Crippen molar-refractivity contribution in [3.63, 3.8) is 0 Å². The van der Waals surface area contributed by atoms with Crippen molar-refractivity contribution in [1.82, 2.24) is 5.43 Å². The highest BCUT2D eigenvalue weighted by molar-refractivity contribution is 6.39. The van der Waals surface area contributed by atoms with Gasteiger partial charge in [0.2, 0.25) is 0 Å². The number of hydrazone groups is 1. The Bertz CT molecular complexity index is 785. The average molecular weight is 349 g/mol. The summed E-state index contributed by atoms with van der Waals surface area (Å²) in [7, 11) is 0. The van der Waals surface area contributed by atoms with E-state index in [1.165, 1.54) is 0 Å². The Labute approximate surface area is 141 Å². The summed E-state index contributed by atoms with van der Waals surface area (Å²) >= 11 is 0. The monoisotopic (exact) mass is 349 g/mol. The highest BCUT2D eigenvalue weighted by atomic mass is 19.4. The van der Waals surface area contributed by atoms with Crippen LogP contribution in [0.1, 0.15) is 18.1 Å². The van der Waals surface area contributed by atoms with E-state index < -0.39 is 23.6 Å². The third-order valence-corrected chi connectivity index (χ3v) is 3.19. The summed E-state index contributed by atoms with van der Waals surface area (Å²) in [5, 5.41) is 6.01. The van der Waals surface area contributed by atoms with Gasteiger partial charge >= 0.3 is 18.0 Å². The van der Waals surface area contributed by atoms with Gasteiger partial charge in [-0.05, 0) is 36.8 Å². The summed E-state index contributed by atoms with van der Waals surface area (Å²) in [6.07, 6.45) is -4.47. The molecule has 0 saturated carbocycles. The topological polar surface area (TPSA) is 70.6 Å². The minimum Gasteiger partial charge on any atom is -0.318 e. The minimum atomic E-state index is -4.47. The maximum Gasteiger partial charge on any atom is 0.416 e. The maximum atomic E-state index is 12.5. The van der Waals surface area contributed by atoms with Crippen LogP contribution in [0.4, 0.5) is 18.9 Å². The summed E-state index contributed by atoms with van der Waals surface area (Å²) < 4.78 is 37.4. The van der Waals surface area contributed by atoms with Crippen LogP contribution in [-0.2, 0) is 15.8 Å². The summed E-state index contributed by atoms with van der Waals surface area (Å²) in [4.78, 5) is 23.4. The fourth-order valence-corrected chi connectivity index (χ4v) is 1.86. The first-order chi connectivity index (χ1) is 11.8. The van der Waals surface area contributed by atoms with E-state index >= 15 is 0 Å². The van der Waals surface area contributed by atoms with E-state index in [0.717, 1.165) is 29.8 Å². The zero-order valence-corrected chi connectivity index (χ0v) is 13.1. The molecule has 8 heteroatoms. The van der Waals surface area contributed by atoms with Crippen LogP contribution >= 0.6 is 0 Å². The number of amides is 2. The number of alkyl halides is 3. The van der Waals surface area contributed by atoms with E-state index in [-0.39, 0.29) is 5.69 Å². The third kappa shape index (κ3) is 5.17. The molecular weight excluding hydrogens is 335 g/mol. The number of nitrogens with zero attached hydrogens (tertiary/aromatic N) is 1. The second-order valence-corrected chi connectivity index (χ2v) is 5.03. The number of carbonyl (C=O) groups is 2. The van der Waals surface area contributed by atoms with Crippen LogP contribution in [0.5, 0.6) is 0 Å². The fraction of sp³-hybridized carbons (Fsp3) is 0.118. The van der Waals surface area contributed by atoms with Crippen LogP contribution in [0.25, 0.3) is 0 Å². The molecule has 2 N–H and O–H groups in total. The second kappa shape index (κ2) is 7.61. The van der Waals surface area contributed by atoms with Gasteiger partial charge in [0.1, 0.15) is 0 Å². The van der Waals surface area contributed by atoms with E-state index in [1.54, 1.807) is 31.2 Å². The van der Waals surface area contributed by atoms with E-state index in [4.69, 9.17) is 0 Å². The van der Waals surface area contributed by atoms with Gasteiger partial charge in [-0.1, -0.05) is 30.3 Å². The van der Waals surface area contributed by atoms with Crippen LogP contribution in [0.2, 0.25) is 0 Å². The molecule has 0 aliphatic heterocycles. The predicted octanol–water partition coefficient (Wildman–Crippen LogP) is 3.18. The van der Waals surface area contributed by atoms with Crippen molar-refractivity contribution in [3.05, 3.63) is 65.7 Å². The predicted molar refractivity (Wildman–Crippen MR) is 86.9 cm³/mol. The first-order valence-corrected chi connectivity index (χ1v) is 7.15. The van der Waals surface area contributed by atoms with Crippen molar-refractivity contribution >= 4 is 23.2 Å². The van der Waals surface area contributed by atoms with Gasteiger partial charge in [-0.2, -0.15) is 18.3 Å². The number of rotatable bonds is 3. The molecule has 0 fully saturated rings. The Kier molecular flexibility index (Phi) is 5.53. The zero-order valence-electron chi connectivity index (χ0n) is 13.1. The van der Waals surface area contributed by atoms with Crippen LogP contribution in [-0.4, -0.2) is 17.5 Å². The molecule has 2 aromatic carbocycles. The smallest absolute Gasteiger partial charge is 0.318 e. The zero-order chi connectivity index (χ0) is 18.4. The normalized spacial score (nSPS) is 11.8. The maximum absolute atomic E-state index is 12.5. The number of hydrogen-bond acceptors (Lipinski definition) is 3. The van der Waals surface area contributed by atoms with Gasteiger partial charge in [0.15, 0.2) is 0 Å². The lowest BCUT2D eigenvalue weighted by Gasteiger charge is -2.08. The summed E-state index contributed by atoms with van der Waals surface area (Å²) in [5.41, 5.74) is 2.58. The molecule has 2 rings (SSSR count). The molecule has 0 unspecified atom stereocenters. The molecule has 0 radical (unpaired) electrons. The molecule has 0 saturated heterocycles. The van der Waals surface area contributed by atoms with Crippen molar-refractivity contribution in [1.29, 1.82) is 0 Å². The molecule has 25 heavy (non-hydrogen) atoms. The molecular formula is C17H14F3N3O2. The Hall–Kier alpha value is -3.16. The van der Waals surface area contributed by atoms with Crippen LogP contribution < -0.4 is 10.7 Å². The van der Waals surface area contributed by atoms with E-state index in [2.05, 4.69) is 15.8 Å². The van der Waals surface area contributed by atoms with E-state index in [9.17, 15) is 22.8 Å². The van der Waals surface area contributed by atoms with Crippen molar-refractivity contribution in [2.24, 2.45) is 5.10 Å². The second-order valence-electron chi connectivity index (χ2n) is 5.03. The number of hydrogen-bond donors (Lipinski definition) is 2. The molecule has 0 aliphatic rings. The molecule has 0 bridgehead atoms. The van der Waals surface area contributed by atoms with Crippen molar-refractivity contribution in [3.8, 4) is 0 Å². The largest absolute Gasteiger partial charge is 0.416 e. The van der Waals surface area contributed by atoms with Gasteiger partial charge in [-0.25, -0.2) is 5.43 Å². The fourth-order valence-electron chi connectivity index (χ4n) is 1.86. The molecule has 0 aliphatic carbocycles. The molecule has 2 amide bonds. The number of anilines is 1. The number of nitrogens with one attached hydrogen (secondary N) is 2. The number of halogens is 3. The quantitative estimate of drug-likeness (QED) is 0.508. The molecule has 5 nitrogen and oxygen atoms in total. The molecule has 0 heterocycles. The average Bonchev–Trinajstić information content (AvgIpc) is 2.59. The molecule has 0 aromatic heterocycles. The molecule has 0 atom stereocenters.